The third kappa shape index (κ3) is 3.05. The minimum absolute atomic E-state index is 0.121. The van der Waals surface area contributed by atoms with Gasteiger partial charge in [-0.25, -0.2) is 13.4 Å². The molecule has 2 aromatic rings. The Morgan fingerprint density at radius 3 is 2.58 bits per heavy atom. The number of halogens is 1. The van der Waals surface area contributed by atoms with Crippen molar-refractivity contribution in [2.75, 3.05) is 4.72 Å². The Hall–Kier alpha value is -1.59. The van der Waals surface area contributed by atoms with E-state index in [1.165, 1.54) is 6.20 Å². The van der Waals surface area contributed by atoms with Crippen molar-refractivity contribution >= 4 is 27.3 Å². The molecular formula is C13H13ClN2O2S. The van der Waals surface area contributed by atoms with E-state index in [0.29, 0.717) is 5.56 Å². The number of aromatic nitrogens is 1. The molecule has 0 aliphatic carbocycles. The zero-order valence-electron chi connectivity index (χ0n) is 10.5. The van der Waals surface area contributed by atoms with Gasteiger partial charge in [0.25, 0.3) is 10.0 Å². The van der Waals surface area contributed by atoms with Crippen LogP contribution in [0.25, 0.3) is 0 Å². The predicted octanol–water partition coefficient (Wildman–Crippen LogP) is 3.15. The summed E-state index contributed by atoms with van der Waals surface area (Å²) in [6.07, 6.45) is 1.50. The third-order valence-electron chi connectivity index (χ3n) is 2.62. The van der Waals surface area contributed by atoms with Crippen LogP contribution in [0.15, 0.2) is 41.4 Å². The molecule has 0 spiro atoms. The van der Waals surface area contributed by atoms with E-state index in [2.05, 4.69) is 9.71 Å². The quantitative estimate of drug-likeness (QED) is 0.885. The van der Waals surface area contributed by atoms with Crippen LogP contribution in [-0.2, 0) is 10.0 Å². The fourth-order valence-corrected chi connectivity index (χ4v) is 3.28. The SMILES string of the molecule is Cc1ccc(S(=O)(=O)Nc2cccnc2Cl)c(C)c1. The minimum Gasteiger partial charge on any atom is -0.276 e. The van der Waals surface area contributed by atoms with Gasteiger partial charge in [-0.15, -0.1) is 0 Å². The number of hydrogen-bond acceptors (Lipinski definition) is 3. The van der Waals surface area contributed by atoms with Crippen molar-refractivity contribution in [2.24, 2.45) is 0 Å². The molecule has 100 valence electrons. The second-order valence-electron chi connectivity index (χ2n) is 4.22. The van der Waals surface area contributed by atoms with Crippen LogP contribution >= 0.6 is 11.6 Å². The lowest BCUT2D eigenvalue weighted by Gasteiger charge is -2.11. The van der Waals surface area contributed by atoms with Crippen LogP contribution in [0.2, 0.25) is 5.15 Å². The molecule has 0 unspecified atom stereocenters. The summed E-state index contributed by atoms with van der Waals surface area (Å²) in [5, 5.41) is 0.121. The van der Waals surface area contributed by atoms with Crippen LogP contribution in [0.3, 0.4) is 0 Å². The van der Waals surface area contributed by atoms with Crippen LogP contribution in [0.4, 0.5) is 5.69 Å². The zero-order chi connectivity index (χ0) is 14.0. The molecule has 0 saturated carbocycles. The van der Waals surface area contributed by atoms with Crippen molar-refractivity contribution in [1.82, 2.24) is 4.98 Å². The first kappa shape index (κ1) is 13.8. The Morgan fingerprint density at radius 2 is 1.95 bits per heavy atom. The first-order valence-corrected chi connectivity index (χ1v) is 7.47. The van der Waals surface area contributed by atoms with Gasteiger partial charge in [0, 0.05) is 6.20 Å². The maximum atomic E-state index is 12.3. The van der Waals surface area contributed by atoms with Gasteiger partial charge < -0.3 is 0 Å². The van der Waals surface area contributed by atoms with Gasteiger partial charge >= 0.3 is 0 Å². The summed E-state index contributed by atoms with van der Waals surface area (Å²) in [7, 11) is -3.66. The van der Waals surface area contributed by atoms with Crippen molar-refractivity contribution in [3.63, 3.8) is 0 Å². The number of nitrogens with zero attached hydrogens (tertiary/aromatic N) is 1. The largest absolute Gasteiger partial charge is 0.276 e. The number of benzene rings is 1. The molecule has 1 aromatic carbocycles. The van der Waals surface area contributed by atoms with Crippen molar-refractivity contribution in [3.8, 4) is 0 Å². The van der Waals surface area contributed by atoms with Crippen LogP contribution in [0.1, 0.15) is 11.1 Å². The Kier molecular flexibility index (Phi) is 3.78. The molecule has 0 amide bonds. The Morgan fingerprint density at radius 1 is 1.21 bits per heavy atom. The number of aryl methyl sites for hydroxylation is 2. The number of sulfonamides is 1. The lowest BCUT2D eigenvalue weighted by molar-refractivity contribution is 0.600. The summed E-state index contributed by atoms with van der Waals surface area (Å²) in [6.45, 7) is 3.67. The van der Waals surface area contributed by atoms with Crippen LogP contribution < -0.4 is 4.72 Å². The molecule has 0 fully saturated rings. The molecule has 0 saturated heterocycles. The molecule has 0 radical (unpaired) electrons. The monoisotopic (exact) mass is 296 g/mol. The number of rotatable bonds is 3. The molecular weight excluding hydrogens is 284 g/mol. The van der Waals surface area contributed by atoms with E-state index in [0.717, 1.165) is 5.56 Å². The van der Waals surface area contributed by atoms with Crippen LogP contribution in [0, 0.1) is 13.8 Å². The molecule has 1 heterocycles. The summed E-state index contributed by atoms with van der Waals surface area (Å²) in [5.74, 6) is 0. The van der Waals surface area contributed by atoms with Crippen molar-refractivity contribution < 1.29 is 8.42 Å². The molecule has 1 N–H and O–H groups in total. The smallest absolute Gasteiger partial charge is 0.262 e. The van der Waals surface area contributed by atoms with Crippen molar-refractivity contribution in [1.29, 1.82) is 0 Å². The zero-order valence-corrected chi connectivity index (χ0v) is 12.1. The van der Waals surface area contributed by atoms with E-state index in [4.69, 9.17) is 11.6 Å². The lowest BCUT2D eigenvalue weighted by atomic mass is 10.2. The van der Waals surface area contributed by atoms with Crippen molar-refractivity contribution in [2.45, 2.75) is 18.7 Å². The second-order valence-corrected chi connectivity index (χ2v) is 6.23. The van der Waals surface area contributed by atoms with Gasteiger partial charge in [0.15, 0.2) is 5.15 Å². The number of pyridine rings is 1. The molecule has 1 aromatic heterocycles. The number of nitrogens with one attached hydrogen (secondary N) is 1. The predicted molar refractivity (Wildman–Crippen MR) is 76.0 cm³/mol. The van der Waals surface area contributed by atoms with E-state index in [1.54, 1.807) is 31.2 Å². The molecule has 0 bridgehead atoms. The van der Waals surface area contributed by atoms with Gasteiger partial charge in [0.05, 0.1) is 10.6 Å². The van der Waals surface area contributed by atoms with E-state index >= 15 is 0 Å². The fourth-order valence-electron chi connectivity index (χ4n) is 1.76. The van der Waals surface area contributed by atoms with E-state index in [-0.39, 0.29) is 15.7 Å². The fraction of sp³-hybridized carbons (Fsp3) is 0.154. The average molecular weight is 297 g/mol. The van der Waals surface area contributed by atoms with E-state index < -0.39 is 10.0 Å². The Balaban J connectivity index is 2.41. The lowest BCUT2D eigenvalue weighted by Crippen LogP contribution is -2.14. The van der Waals surface area contributed by atoms with E-state index in [1.807, 2.05) is 13.0 Å². The first-order chi connectivity index (χ1) is 8.90. The minimum atomic E-state index is -3.66. The normalized spacial score (nSPS) is 11.3. The maximum Gasteiger partial charge on any atom is 0.262 e. The highest BCUT2D eigenvalue weighted by atomic mass is 35.5. The van der Waals surface area contributed by atoms with Gasteiger partial charge in [-0.05, 0) is 37.6 Å². The Labute approximate surface area is 117 Å². The molecule has 6 heteroatoms. The summed E-state index contributed by atoms with van der Waals surface area (Å²) >= 11 is 5.84. The second kappa shape index (κ2) is 5.19. The Bertz CT molecular complexity index is 714. The number of hydrogen-bond donors (Lipinski definition) is 1. The average Bonchev–Trinajstić information content (AvgIpc) is 2.31. The van der Waals surface area contributed by atoms with Crippen LogP contribution in [-0.4, -0.2) is 13.4 Å². The molecule has 4 nitrogen and oxygen atoms in total. The third-order valence-corrected chi connectivity index (χ3v) is 4.45. The first-order valence-electron chi connectivity index (χ1n) is 5.61. The van der Waals surface area contributed by atoms with Gasteiger partial charge in [0.2, 0.25) is 0 Å². The van der Waals surface area contributed by atoms with Gasteiger partial charge in [-0.1, -0.05) is 29.3 Å². The number of anilines is 1. The highest BCUT2D eigenvalue weighted by Gasteiger charge is 2.18. The van der Waals surface area contributed by atoms with Crippen LogP contribution in [0.5, 0.6) is 0 Å². The molecule has 2 rings (SSSR count). The summed E-state index contributed by atoms with van der Waals surface area (Å²) in [4.78, 5) is 4.07. The summed E-state index contributed by atoms with van der Waals surface area (Å²) < 4.78 is 27.0. The highest BCUT2D eigenvalue weighted by Crippen LogP contribution is 2.23. The maximum absolute atomic E-state index is 12.3. The standard InChI is InChI=1S/C13H13ClN2O2S/c1-9-5-6-12(10(2)8-9)19(17,18)16-11-4-3-7-15-13(11)14/h3-8,16H,1-2H3. The summed E-state index contributed by atoms with van der Waals surface area (Å²) in [5.41, 5.74) is 1.97. The molecule has 0 atom stereocenters. The van der Waals surface area contributed by atoms with Crippen molar-refractivity contribution in [3.05, 3.63) is 52.8 Å². The summed E-state index contributed by atoms with van der Waals surface area (Å²) in [6, 6.07) is 8.34. The topological polar surface area (TPSA) is 59.1 Å². The highest BCUT2D eigenvalue weighted by molar-refractivity contribution is 7.92. The van der Waals surface area contributed by atoms with E-state index in [9.17, 15) is 8.42 Å². The molecule has 0 aliphatic heterocycles. The van der Waals surface area contributed by atoms with Gasteiger partial charge in [-0.3, -0.25) is 4.72 Å². The van der Waals surface area contributed by atoms with Gasteiger partial charge in [0.1, 0.15) is 0 Å². The molecule has 0 aliphatic rings. The van der Waals surface area contributed by atoms with Gasteiger partial charge in [-0.2, -0.15) is 0 Å². The molecule has 19 heavy (non-hydrogen) atoms.